The molecular formula is C11H13ClN2NaS2+. The molecule has 0 aliphatic carbocycles. The van der Waals surface area contributed by atoms with Gasteiger partial charge in [-0.2, -0.15) is 0 Å². The summed E-state index contributed by atoms with van der Waals surface area (Å²) in [4.78, 5) is 4.42. The first-order valence-corrected chi connectivity index (χ1v) is 6.38. The second-order valence-electron chi connectivity index (χ2n) is 3.74. The van der Waals surface area contributed by atoms with Crippen LogP contribution < -0.4 is 34.5 Å². The van der Waals surface area contributed by atoms with Gasteiger partial charge in [-0.15, -0.1) is 12.6 Å². The molecule has 1 aliphatic rings. The minimum Gasteiger partial charge on any atom is -0.368 e. The number of piperazine rings is 1. The molecule has 1 heterocycles. The zero-order valence-corrected chi connectivity index (χ0v) is 14.2. The summed E-state index contributed by atoms with van der Waals surface area (Å²) in [6.07, 6.45) is 0. The molecule has 1 fully saturated rings. The number of thiocarbonyl (C=S) groups is 1. The van der Waals surface area contributed by atoms with Crippen LogP contribution in [-0.4, -0.2) is 35.4 Å². The van der Waals surface area contributed by atoms with Crippen LogP contribution in [0.1, 0.15) is 0 Å². The van der Waals surface area contributed by atoms with Gasteiger partial charge in [0.2, 0.25) is 0 Å². The van der Waals surface area contributed by atoms with Gasteiger partial charge in [0, 0.05) is 36.9 Å². The van der Waals surface area contributed by atoms with Gasteiger partial charge >= 0.3 is 29.6 Å². The molecule has 6 heteroatoms. The van der Waals surface area contributed by atoms with Crippen molar-refractivity contribution < 1.29 is 29.6 Å². The summed E-state index contributed by atoms with van der Waals surface area (Å²) in [6.45, 7) is 3.77. The SMILES string of the molecule is S=C(S)N1CCN(c2cccc(Cl)c2)CC1.[Na+]. The van der Waals surface area contributed by atoms with E-state index in [-0.39, 0.29) is 29.6 Å². The number of thiol groups is 1. The van der Waals surface area contributed by atoms with E-state index in [1.54, 1.807) is 0 Å². The molecule has 0 radical (unpaired) electrons. The Bertz CT molecular complexity index is 395. The number of hydrogen-bond donors (Lipinski definition) is 1. The Morgan fingerprint density at radius 1 is 1.24 bits per heavy atom. The first kappa shape index (κ1) is 15.6. The van der Waals surface area contributed by atoms with Gasteiger partial charge in [-0.25, -0.2) is 0 Å². The van der Waals surface area contributed by atoms with E-state index in [0.29, 0.717) is 4.32 Å². The predicted octanol–water partition coefficient (Wildman–Crippen LogP) is -0.319. The average Bonchev–Trinajstić information content (AvgIpc) is 2.29. The van der Waals surface area contributed by atoms with Crippen LogP contribution in [0, 0.1) is 0 Å². The van der Waals surface area contributed by atoms with E-state index in [1.807, 2.05) is 18.2 Å². The van der Waals surface area contributed by atoms with Crippen LogP contribution in [0.5, 0.6) is 0 Å². The van der Waals surface area contributed by atoms with E-state index in [1.165, 1.54) is 5.69 Å². The molecule has 0 unspecified atom stereocenters. The van der Waals surface area contributed by atoms with Crippen molar-refractivity contribution in [3.63, 3.8) is 0 Å². The first-order valence-electron chi connectivity index (χ1n) is 5.15. The van der Waals surface area contributed by atoms with Crippen LogP contribution in [0.3, 0.4) is 0 Å². The van der Waals surface area contributed by atoms with Crippen molar-refractivity contribution in [1.29, 1.82) is 0 Å². The van der Waals surface area contributed by atoms with Gasteiger partial charge in [0.1, 0.15) is 4.32 Å². The molecule has 0 N–H and O–H groups in total. The molecule has 0 amide bonds. The second kappa shape index (κ2) is 7.22. The van der Waals surface area contributed by atoms with Gasteiger partial charge in [0.25, 0.3) is 0 Å². The van der Waals surface area contributed by atoms with Crippen molar-refractivity contribution in [3.05, 3.63) is 29.3 Å². The summed E-state index contributed by atoms with van der Waals surface area (Å²) in [7, 11) is 0. The van der Waals surface area contributed by atoms with Crippen molar-refractivity contribution in [2.75, 3.05) is 31.1 Å². The average molecular weight is 296 g/mol. The van der Waals surface area contributed by atoms with Crippen molar-refractivity contribution in [2.24, 2.45) is 0 Å². The molecule has 86 valence electrons. The Morgan fingerprint density at radius 2 is 1.88 bits per heavy atom. The Hall–Kier alpha value is 0.550. The largest absolute Gasteiger partial charge is 1.00 e. The summed E-state index contributed by atoms with van der Waals surface area (Å²) in [5.41, 5.74) is 1.18. The van der Waals surface area contributed by atoms with E-state index < -0.39 is 0 Å². The van der Waals surface area contributed by atoms with Crippen molar-refractivity contribution in [2.45, 2.75) is 0 Å². The minimum atomic E-state index is 0. The van der Waals surface area contributed by atoms with E-state index >= 15 is 0 Å². The zero-order valence-electron chi connectivity index (χ0n) is 9.77. The molecule has 0 saturated carbocycles. The van der Waals surface area contributed by atoms with Gasteiger partial charge < -0.3 is 9.80 Å². The summed E-state index contributed by atoms with van der Waals surface area (Å²) < 4.78 is 0.686. The van der Waals surface area contributed by atoms with Crippen LogP contribution in [0.2, 0.25) is 5.02 Å². The first-order chi connectivity index (χ1) is 7.66. The maximum absolute atomic E-state index is 5.97. The quantitative estimate of drug-likeness (QED) is 0.431. The van der Waals surface area contributed by atoms with Crippen LogP contribution in [-0.2, 0) is 0 Å². The molecule has 0 bridgehead atoms. The Kier molecular flexibility index (Phi) is 6.62. The van der Waals surface area contributed by atoms with Gasteiger partial charge in [0.05, 0.1) is 0 Å². The summed E-state index contributed by atoms with van der Waals surface area (Å²) in [5.74, 6) is 0. The minimum absolute atomic E-state index is 0. The van der Waals surface area contributed by atoms with E-state index in [9.17, 15) is 0 Å². The fraction of sp³-hybridized carbons (Fsp3) is 0.364. The molecule has 1 saturated heterocycles. The topological polar surface area (TPSA) is 6.48 Å². The van der Waals surface area contributed by atoms with E-state index in [2.05, 4.69) is 28.5 Å². The molecule has 0 atom stereocenters. The van der Waals surface area contributed by atoms with E-state index in [4.69, 9.17) is 23.8 Å². The monoisotopic (exact) mass is 295 g/mol. The molecule has 1 aromatic rings. The zero-order chi connectivity index (χ0) is 11.5. The molecule has 1 aromatic carbocycles. The summed E-state index contributed by atoms with van der Waals surface area (Å²) in [5, 5.41) is 0.782. The maximum Gasteiger partial charge on any atom is 1.00 e. The summed E-state index contributed by atoms with van der Waals surface area (Å²) >= 11 is 15.2. The van der Waals surface area contributed by atoms with Crippen LogP contribution in [0.25, 0.3) is 0 Å². The fourth-order valence-electron chi connectivity index (χ4n) is 1.83. The van der Waals surface area contributed by atoms with Gasteiger partial charge in [-0.3, -0.25) is 0 Å². The van der Waals surface area contributed by atoms with Crippen molar-refractivity contribution in [3.8, 4) is 0 Å². The van der Waals surface area contributed by atoms with Gasteiger partial charge in [0.15, 0.2) is 0 Å². The van der Waals surface area contributed by atoms with Gasteiger partial charge in [-0.1, -0.05) is 29.9 Å². The van der Waals surface area contributed by atoms with Gasteiger partial charge in [-0.05, 0) is 18.2 Å². The number of benzene rings is 1. The van der Waals surface area contributed by atoms with Crippen LogP contribution in [0.4, 0.5) is 5.69 Å². The molecule has 2 rings (SSSR count). The Labute approximate surface area is 140 Å². The number of hydrogen-bond acceptors (Lipinski definition) is 2. The maximum atomic E-state index is 5.97. The smallest absolute Gasteiger partial charge is 0.368 e. The fourth-order valence-corrected chi connectivity index (χ4v) is 2.40. The standard InChI is InChI=1S/C11H13ClN2S2.Na/c12-9-2-1-3-10(8-9)13-4-6-14(7-5-13)11(15)16;/h1-3,8H,4-7H2,(H,15,16);/q;+1. The Morgan fingerprint density at radius 3 is 2.41 bits per heavy atom. The van der Waals surface area contributed by atoms with E-state index in [0.717, 1.165) is 31.2 Å². The summed E-state index contributed by atoms with van der Waals surface area (Å²) in [6, 6.07) is 7.95. The van der Waals surface area contributed by atoms with Crippen molar-refractivity contribution in [1.82, 2.24) is 4.90 Å². The number of halogens is 1. The second-order valence-corrected chi connectivity index (χ2v) is 5.29. The molecule has 2 nitrogen and oxygen atoms in total. The molecular weight excluding hydrogens is 283 g/mol. The Balaban J connectivity index is 0.00000144. The molecule has 1 aliphatic heterocycles. The molecule has 0 spiro atoms. The number of anilines is 1. The molecule has 17 heavy (non-hydrogen) atoms. The third-order valence-electron chi connectivity index (χ3n) is 2.72. The third-order valence-corrected chi connectivity index (χ3v) is 3.50. The number of rotatable bonds is 1. The predicted molar refractivity (Wildman–Crippen MR) is 76.8 cm³/mol. The normalized spacial score (nSPS) is 15.4. The number of nitrogens with zero attached hydrogens (tertiary/aromatic N) is 2. The van der Waals surface area contributed by atoms with Crippen LogP contribution in [0.15, 0.2) is 24.3 Å². The third kappa shape index (κ3) is 4.30. The van der Waals surface area contributed by atoms with Crippen LogP contribution >= 0.6 is 36.4 Å². The molecule has 0 aromatic heterocycles. The van der Waals surface area contributed by atoms with Crippen molar-refractivity contribution >= 4 is 46.5 Å².